The van der Waals surface area contributed by atoms with Crippen molar-refractivity contribution in [3.63, 3.8) is 0 Å². The Kier molecular flexibility index (Phi) is 4.20. The molecule has 0 unspecified atom stereocenters. The molecule has 0 aliphatic rings. The van der Waals surface area contributed by atoms with Crippen LogP contribution in [0.15, 0.2) is 18.2 Å². The molecule has 1 radical (unpaired) electrons. The minimum atomic E-state index is 1.21. The van der Waals surface area contributed by atoms with Gasteiger partial charge in [-0.2, -0.15) is 0 Å². The summed E-state index contributed by atoms with van der Waals surface area (Å²) >= 11 is 9.52. The molecule has 0 spiro atoms. The van der Waals surface area contributed by atoms with Crippen LogP contribution in [0.1, 0.15) is 0 Å². The van der Waals surface area contributed by atoms with E-state index in [0.717, 1.165) is 0 Å². The smallest absolute Gasteiger partial charge is 0.0410 e. The number of rotatable bonds is 0. The van der Waals surface area contributed by atoms with E-state index in [4.69, 9.17) is 0 Å². The van der Waals surface area contributed by atoms with E-state index in [1.165, 1.54) is 25.1 Å². The van der Waals surface area contributed by atoms with Gasteiger partial charge in [0.15, 0.2) is 0 Å². The number of fused-ring (bicyclic) bond motifs is 1. The van der Waals surface area contributed by atoms with Gasteiger partial charge in [0.25, 0.3) is 0 Å². The summed E-state index contributed by atoms with van der Waals surface area (Å²) in [5, 5.41) is 2.55. The van der Waals surface area contributed by atoms with E-state index in [-0.39, 0.29) is 0 Å². The number of halogens is 4. The fraction of sp³-hybridized carbons (Fsp3) is 0. The average Bonchev–Trinajstić information content (AvgIpc) is 2.14. The lowest BCUT2D eigenvalue weighted by molar-refractivity contribution is 1.56. The Hall–Kier alpha value is 1.62. The Labute approximate surface area is 137 Å². The lowest BCUT2D eigenvalue weighted by atomic mass is 10.1. The van der Waals surface area contributed by atoms with Gasteiger partial charge in [0.05, 0.1) is 0 Å². The molecule has 2 aromatic rings. The molecule has 0 aromatic heterocycles. The van der Waals surface area contributed by atoms with Gasteiger partial charge in [-0.25, -0.2) is 0 Å². The van der Waals surface area contributed by atoms with Crippen LogP contribution in [0.3, 0.4) is 0 Å². The summed E-state index contributed by atoms with van der Waals surface area (Å²) in [4.78, 5) is 0. The molecule has 0 aliphatic carbocycles. The van der Waals surface area contributed by atoms with Gasteiger partial charge < -0.3 is 0 Å². The number of hydrogen-bond donors (Lipinski definition) is 0. The van der Waals surface area contributed by atoms with Gasteiger partial charge in [-0.1, -0.05) is 12.1 Å². The van der Waals surface area contributed by atoms with Gasteiger partial charge in [-0.15, -0.1) is 0 Å². The summed E-state index contributed by atoms with van der Waals surface area (Å²) in [5.74, 6) is 0. The molecule has 0 aliphatic heterocycles. The van der Waals surface area contributed by atoms with Crippen molar-refractivity contribution in [3.05, 3.63) is 38.5 Å². The highest BCUT2D eigenvalue weighted by atomic mass is 127. The first kappa shape index (κ1) is 12.1. The summed E-state index contributed by atoms with van der Waals surface area (Å²) in [5.41, 5.74) is 0. The summed E-state index contributed by atoms with van der Waals surface area (Å²) in [6.45, 7) is 0. The third-order valence-corrected chi connectivity index (χ3v) is 7.79. The molecule has 0 heterocycles. The summed E-state index contributed by atoms with van der Waals surface area (Å²) in [7, 11) is 0. The number of hydrogen-bond acceptors (Lipinski definition) is 0. The van der Waals surface area contributed by atoms with Gasteiger partial charge in [0.2, 0.25) is 0 Å². The molecule has 0 saturated heterocycles. The highest BCUT2D eigenvalue weighted by molar-refractivity contribution is 14.1. The monoisotopic (exact) mass is 631 g/mol. The lowest BCUT2D eigenvalue weighted by Gasteiger charge is -2.06. The first-order chi connectivity index (χ1) is 6.61. The molecule has 14 heavy (non-hydrogen) atoms. The Morgan fingerprint density at radius 2 is 1.64 bits per heavy atom. The van der Waals surface area contributed by atoms with Gasteiger partial charge in [0, 0.05) is 25.7 Å². The van der Waals surface area contributed by atoms with E-state index >= 15 is 0 Å². The van der Waals surface area contributed by atoms with Gasteiger partial charge in [-0.3, -0.25) is 0 Å². The molecule has 0 nitrogen and oxygen atoms in total. The maximum atomic E-state index is 3.41. The van der Waals surface area contributed by atoms with Crippen molar-refractivity contribution >= 4 is 101 Å². The van der Waals surface area contributed by atoms with Crippen molar-refractivity contribution in [2.75, 3.05) is 0 Å². The highest BCUT2D eigenvalue weighted by Crippen LogP contribution is 2.31. The van der Waals surface area contributed by atoms with E-state index < -0.39 is 0 Å². The molecular weight excluding hydrogens is 628 g/mol. The van der Waals surface area contributed by atoms with Crippen LogP contribution in [0.5, 0.6) is 0 Å². The van der Waals surface area contributed by atoms with Crippen LogP contribution in [0, 0.1) is 20.3 Å². The normalized spacial score (nSPS) is 10.9. The zero-order chi connectivity index (χ0) is 10.3. The van der Waals surface area contributed by atoms with Crippen LogP contribution in [0.25, 0.3) is 10.8 Å². The van der Waals surface area contributed by atoms with E-state index in [1.807, 2.05) is 0 Å². The Balaban J connectivity index is 2.99. The van der Waals surface area contributed by atoms with Crippen molar-refractivity contribution in [1.82, 2.24) is 0 Å². The SMILES string of the molecule is Ic1[c]c2cccc(I)c2c(I)c1I. The second-order valence-electron chi connectivity index (χ2n) is 2.73. The van der Waals surface area contributed by atoms with Gasteiger partial charge in [0.1, 0.15) is 0 Å². The molecule has 4 heteroatoms. The van der Waals surface area contributed by atoms with Crippen molar-refractivity contribution in [1.29, 1.82) is 0 Å². The lowest BCUT2D eigenvalue weighted by Crippen LogP contribution is -1.90. The molecule has 0 bridgehead atoms. The molecule has 0 N–H and O–H groups in total. The van der Waals surface area contributed by atoms with Gasteiger partial charge >= 0.3 is 0 Å². The average molecular weight is 631 g/mol. The molecule has 2 aromatic carbocycles. The minimum absolute atomic E-state index is 1.21. The van der Waals surface area contributed by atoms with Crippen molar-refractivity contribution in [2.24, 2.45) is 0 Å². The van der Waals surface area contributed by atoms with E-state index in [1.54, 1.807) is 0 Å². The van der Waals surface area contributed by atoms with Crippen molar-refractivity contribution < 1.29 is 0 Å². The third-order valence-electron chi connectivity index (χ3n) is 1.86. The molecule has 0 atom stereocenters. The highest BCUT2D eigenvalue weighted by Gasteiger charge is 2.09. The predicted octanol–water partition coefficient (Wildman–Crippen LogP) is 5.06. The molecule has 0 fully saturated rings. The summed E-state index contributed by atoms with van der Waals surface area (Å²) in [6.07, 6.45) is 0. The van der Waals surface area contributed by atoms with Crippen LogP contribution in [0.4, 0.5) is 0 Å². The van der Waals surface area contributed by atoms with E-state index in [2.05, 4.69) is 115 Å². The van der Waals surface area contributed by atoms with Crippen molar-refractivity contribution in [3.8, 4) is 0 Å². The fourth-order valence-electron chi connectivity index (χ4n) is 1.23. The summed E-state index contributed by atoms with van der Waals surface area (Å²) in [6, 6.07) is 9.76. The topological polar surface area (TPSA) is 0 Å². The van der Waals surface area contributed by atoms with Gasteiger partial charge in [-0.05, 0) is 102 Å². The van der Waals surface area contributed by atoms with Crippen LogP contribution in [-0.4, -0.2) is 0 Å². The first-order valence-corrected chi connectivity index (χ1v) is 8.06. The second kappa shape index (κ2) is 4.86. The molecule has 2 rings (SSSR count). The molecule has 71 valence electrons. The second-order valence-corrected chi connectivity index (χ2v) is 7.13. The fourth-order valence-corrected chi connectivity index (χ4v) is 4.85. The largest absolute Gasteiger partial charge is 0.0606 e. The maximum Gasteiger partial charge on any atom is 0.0410 e. The third kappa shape index (κ3) is 2.17. The Bertz CT molecular complexity index is 505. The molecular formula is C10H3I4. The van der Waals surface area contributed by atoms with Crippen LogP contribution >= 0.6 is 90.4 Å². The van der Waals surface area contributed by atoms with Crippen LogP contribution < -0.4 is 0 Å². The van der Waals surface area contributed by atoms with Crippen LogP contribution in [0.2, 0.25) is 0 Å². The zero-order valence-corrected chi connectivity index (χ0v) is 15.4. The molecule has 0 saturated carbocycles. The predicted molar refractivity (Wildman–Crippen MR) is 93.7 cm³/mol. The quantitative estimate of drug-likeness (QED) is 0.282. The summed E-state index contributed by atoms with van der Waals surface area (Å²) < 4.78 is 5.16. The Morgan fingerprint density at radius 3 is 2.36 bits per heavy atom. The standard InChI is InChI=1S/C10H3I4/c11-6-3-1-2-5-4-7(12)9(13)10(14)8(5)6/h1-3H. The minimum Gasteiger partial charge on any atom is -0.0606 e. The Morgan fingerprint density at radius 1 is 0.929 bits per heavy atom. The van der Waals surface area contributed by atoms with E-state index in [0.29, 0.717) is 0 Å². The zero-order valence-electron chi connectivity index (χ0n) is 6.74. The van der Waals surface area contributed by atoms with Crippen molar-refractivity contribution in [2.45, 2.75) is 0 Å². The maximum absolute atomic E-state index is 3.41. The first-order valence-electron chi connectivity index (χ1n) is 3.75. The van der Waals surface area contributed by atoms with Crippen LogP contribution in [-0.2, 0) is 0 Å². The van der Waals surface area contributed by atoms with E-state index in [9.17, 15) is 0 Å². The number of benzene rings is 2. The molecule has 0 amide bonds.